The van der Waals surface area contributed by atoms with E-state index in [1.807, 2.05) is 0 Å². The van der Waals surface area contributed by atoms with Gasteiger partial charge < -0.3 is 25.0 Å². The Morgan fingerprint density at radius 1 is 1.17 bits per heavy atom. The fraction of sp³-hybridized carbons (Fsp3) is 0.500. The number of benzene rings is 1. The van der Waals surface area contributed by atoms with Gasteiger partial charge in [0.1, 0.15) is 11.7 Å². The Morgan fingerprint density at radius 2 is 1.78 bits per heavy atom. The second kappa shape index (κ2) is 9.18. The van der Waals surface area contributed by atoms with Gasteiger partial charge in [-0.3, -0.25) is 19.2 Å². The number of hydrogen-bond acceptors (Lipinski definition) is 8. The van der Waals surface area contributed by atoms with Gasteiger partial charge in [-0.15, -0.1) is 0 Å². The maximum absolute atomic E-state index is 13.3. The Hall–Kier alpha value is -2.93. The third-order valence-electron chi connectivity index (χ3n) is 6.83. The van der Waals surface area contributed by atoms with Crippen molar-refractivity contribution in [2.24, 2.45) is 0 Å². The predicted molar refractivity (Wildman–Crippen MR) is 115 cm³/mol. The van der Waals surface area contributed by atoms with E-state index in [-0.39, 0.29) is 22.3 Å². The van der Waals surface area contributed by atoms with Crippen LogP contribution in [0.4, 0.5) is 13.2 Å². The first-order chi connectivity index (χ1) is 16.7. The lowest BCUT2D eigenvalue weighted by atomic mass is 9.69. The van der Waals surface area contributed by atoms with Crippen molar-refractivity contribution in [3.8, 4) is 0 Å². The highest BCUT2D eigenvalue weighted by atomic mass is 19.4. The van der Waals surface area contributed by atoms with Crippen molar-refractivity contribution >= 4 is 23.3 Å². The lowest BCUT2D eigenvalue weighted by Gasteiger charge is -2.43. The molecule has 1 aliphatic heterocycles. The third kappa shape index (κ3) is 4.61. The van der Waals surface area contributed by atoms with Crippen LogP contribution in [-0.2, 0) is 19.1 Å². The van der Waals surface area contributed by atoms with Gasteiger partial charge in [0.25, 0.3) is 0 Å². The van der Waals surface area contributed by atoms with Crippen LogP contribution in [0.15, 0.2) is 35.4 Å². The Morgan fingerprint density at radius 3 is 2.36 bits per heavy atom. The number of carbonyl (C=O) groups is 4. The van der Waals surface area contributed by atoms with Gasteiger partial charge >= 0.3 is 12.1 Å². The number of nitrogens with one attached hydrogen (secondary N) is 1. The summed E-state index contributed by atoms with van der Waals surface area (Å²) in [6, 6.07) is 4.65. The molecule has 3 N–H and O–H groups in total. The first-order valence-electron chi connectivity index (χ1n) is 11.2. The molecule has 0 bridgehead atoms. The van der Waals surface area contributed by atoms with E-state index in [4.69, 9.17) is 9.47 Å². The minimum Gasteiger partial charge on any atom is -0.388 e. The van der Waals surface area contributed by atoms with Gasteiger partial charge in [0.05, 0.1) is 18.2 Å². The minimum atomic E-state index is -5.18. The second-order valence-electron chi connectivity index (χ2n) is 9.26. The van der Waals surface area contributed by atoms with E-state index in [0.717, 1.165) is 6.92 Å². The van der Waals surface area contributed by atoms with E-state index in [9.17, 15) is 42.6 Å². The molecule has 194 valence electrons. The maximum atomic E-state index is 13.3. The number of fused-ring (bicyclic) bond motifs is 1. The predicted octanol–water partition coefficient (Wildman–Crippen LogP) is 1.40. The highest BCUT2D eigenvalue weighted by Crippen LogP contribution is 2.42. The Labute approximate surface area is 203 Å². The summed E-state index contributed by atoms with van der Waals surface area (Å²) in [5, 5.41) is 23.0. The molecule has 1 aromatic rings. The molecular weight excluding hydrogens is 487 g/mol. The van der Waals surface area contributed by atoms with Crippen molar-refractivity contribution in [3.05, 3.63) is 46.5 Å². The molecule has 3 aliphatic rings. The fourth-order valence-corrected chi connectivity index (χ4v) is 4.83. The lowest BCUT2D eigenvalue weighted by molar-refractivity contribution is -0.243. The molecule has 9 nitrogen and oxygen atoms in total. The van der Waals surface area contributed by atoms with Crippen LogP contribution in [0.3, 0.4) is 0 Å². The smallest absolute Gasteiger partial charge is 0.388 e. The number of ketones is 3. The molecule has 0 unspecified atom stereocenters. The normalized spacial score (nSPS) is 32.6. The van der Waals surface area contributed by atoms with Crippen LogP contribution in [0.5, 0.6) is 0 Å². The average molecular weight is 511 g/mol. The van der Waals surface area contributed by atoms with Crippen LogP contribution in [0.25, 0.3) is 0 Å². The second-order valence-corrected chi connectivity index (χ2v) is 9.26. The fourth-order valence-electron chi connectivity index (χ4n) is 4.83. The van der Waals surface area contributed by atoms with Crippen LogP contribution in [0.2, 0.25) is 0 Å². The van der Waals surface area contributed by atoms with Gasteiger partial charge in [0, 0.05) is 41.5 Å². The summed E-state index contributed by atoms with van der Waals surface area (Å²) in [6.07, 6.45) is -11.6. The Balaban J connectivity index is 1.66. The number of Topliss-reactive ketones (excluding diaryl/α,β-unsaturated/α-hetero) is 3. The summed E-state index contributed by atoms with van der Waals surface area (Å²) in [4.78, 5) is 50.3. The average Bonchev–Trinajstić information content (AvgIpc) is 2.79. The lowest BCUT2D eigenvalue weighted by Crippen LogP contribution is -2.58. The summed E-state index contributed by atoms with van der Waals surface area (Å²) in [6.45, 7) is 2.49. The molecule has 6 atom stereocenters. The monoisotopic (exact) mass is 511 g/mol. The van der Waals surface area contributed by atoms with Crippen LogP contribution in [0.1, 0.15) is 53.8 Å². The number of alkyl halides is 3. The topological polar surface area (TPSA) is 139 Å². The van der Waals surface area contributed by atoms with Crippen molar-refractivity contribution in [3.63, 3.8) is 0 Å². The molecule has 1 amide bonds. The number of hydrogen-bond donors (Lipinski definition) is 3. The van der Waals surface area contributed by atoms with Crippen LogP contribution in [-0.4, -0.2) is 75.9 Å². The molecule has 1 heterocycles. The molecule has 0 radical (unpaired) electrons. The molecule has 2 aliphatic carbocycles. The quantitative estimate of drug-likeness (QED) is 0.552. The van der Waals surface area contributed by atoms with Crippen LogP contribution >= 0.6 is 0 Å². The van der Waals surface area contributed by atoms with E-state index < -0.39 is 84.9 Å². The molecule has 0 spiro atoms. The highest BCUT2D eigenvalue weighted by molar-refractivity contribution is 6.27. The van der Waals surface area contributed by atoms with Gasteiger partial charge in [-0.05, 0) is 13.8 Å². The molecule has 0 aromatic heterocycles. The number of carbonyl (C=O) groups excluding carboxylic acids is 4. The molecule has 1 saturated heterocycles. The molecular formula is C24H24F3NO8. The van der Waals surface area contributed by atoms with Crippen molar-refractivity contribution in [1.29, 1.82) is 0 Å². The molecule has 12 heteroatoms. The van der Waals surface area contributed by atoms with E-state index in [2.05, 4.69) is 0 Å². The van der Waals surface area contributed by atoms with Gasteiger partial charge in [-0.1, -0.05) is 24.3 Å². The zero-order chi connectivity index (χ0) is 26.6. The standard InChI is InChI=1S/C24H24F3NO8/c1-10-19(30)15(28-22(33)24(25,26)27)7-17(35-10)36-16-9-23(34,11(2)29)8-14-18(16)21(32)13-6-4-3-5-12(13)20(14)31/h3-6,10,15-17,19,30,34H,7-9H2,1-2H3,(H,28,33)/t10-,15-,16-,17-,19+,23-/m0/s1. The molecule has 1 fully saturated rings. The van der Waals surface area contributed by atoms with E-state index in [1.54, 1.807) is 17.4 Å². The largest absolute Gasteiger partial charge is 0.471 e. The molecule has 1 aromatic carbocycles. The number of ether oxygens (including phenoxy) is 2. The summed E-state index contributed by atoms with van der Waals surface area (Å²) in [5.74, 6) is -4.00. The van der Waals surface area contributed by atoms with Crippen molar-refractivity contribution < 1.29 is 52.0 Å². The maximum Gasteiger partial charge on any atom is 0.471 e. The highest BCUT2D eigenvalue weighted by Gasteiger charge is 2.51. The molecule has 36 heavy (non-hydrogen) atoms. The van der Waals surface area contributed by atoms with Crippen molar-refractivity contribution in [1.82, 2.24) is 5.32 Å². The van der Waals surface area contributed by atoms with Crippen molar-refractivity contribution in [2.75, 3.05) is 0 Å². The van der Waals surface area contributed by atoms with E-state index in [1.165, 1.54) is 19.1 Å². The number of rotatable bonds is 4. The number of amides is 1. The van der Waals surface area contributed by atoms with Gasteiger partial charge in [-0.25, -0.2) is 0 Å². The first-order valence-corrected chi connectivity index (χ1v) is 11.2. The zero-order valence-electron chi connectivity index (χ0n) is 19.3. The summed E-state index contributed by atoms with van der Waals surface area (Å²) < 4.78 is 49.7. The zero-order valence-corrected chi connectivity index (χ0v) is 19.3. The van der Waals surface area contributed by atoms with Crippen molar-refractivity contribution in [2.45, 2.75) is 75.5 Å². The summed E-state index contributed by atoms with van der Waals surface area (Å²) in [5.41, 5.74) is -1.95. The number of halogens is 3. The van der Waals surface area contributed by atoms with E-state index in [0.29, 0.717) is 0 Å². The van der Waals surface area contributed by atoms with Gasteiger partial charge in [-0.2, -0.15) is 13.2 Å². The number of aliphatic hydroxyl groups excluding tert-OH is 1. The molecule has 0 saturated carbocycles. The summed E-state index contributed by atoms with van der Waals surface area (Å²) in [7, 11) is 0. The molecule has 4 rings (SSSR count). The first kappa shape index (κ1) is 26.1. The van der Waals surface area contributed by atoms with Gasteiger partial charge in [0.2, 0.25) is 0 Å². The van der Waals surface area contributed by atoms with Gasteiger partial charge in [0.15, 0.2) is 23.6 Å². The SMILES string of the molecule is CC(=O)[C@]1(O)CC2=C(C(=O)c3ccccc3C2=O)[C@@H](O[C@H]2C[C@H](NC(=O)C(F)(F)F)[C@H](O)[C@H](C)O2)C1. The third-order valence-corrected chi connectivity index (χ3v) is 6.83. The Kier molecular flexibility index (Phi) is 6.67. The van der Waals surface area contributed by atoms with Crippen LogP contribution < -0.4 is 5.32 Å². The minimum absolute atomic E-state index is 0.0668. The van der Waals surface area contributed by atoms with E-state index >= 15 is 0 Å². The Bertz CT molecular complexity index is 1160. The number of aliphatic hydroxyl groups is 2. The summed E-state index contributed by atoms with van der Waals surface area (Å²) >= 11 is 0. The van der Waals surface area contributed by atoms with Crippen LogP contribution in [0, 0.1) is 0 Å².